The summed E-state index contributed by atoms with van der Waals surface area (Å²) < 4.78 is 23.1. The summed E-state index contributed by atoms with van der Waals surface area (Å²) in [4.78, 5) is 10.9. The summed E-state index contributed by atoms with van der Waals surface area (Å²) in [5.74, 6) is -0.703. The summed E-state index contributed by atoms with van der Waals surface area (Å²) in [5.41, 5.74) is 0.693. The SMILES string of the molecule is COC(=O)CCCc1ccc(Cl)c(F)c1OC. The minimum atomic E-state index is -0.565. The molecule has 0 saturated heterocycles. The van der Waals surface area contributed by atoms with Crippen LogP contribution in [0.2, 0.25) is 5.02 Å². The third-order valence-corrected chi connectivity index (χ3v) is 2.68. The van der Waals surface area contributed by atoms with E-state index in [0.717, 1.165) is 0 Å². The van der Waals surface area contributed by atoms with E-state index >= 15 is 0 Å². The number of benzene rings is 1. The fraction of sp³-hybridized carbons (Fsp3) is 0.417. The maximum Gasteiger partial charge on any atom is 0.305 e. The Kier molecular flexibility index (Phi) is 5.22. The van der Waals surface area contributed by atoms with Gasteiger partial charge in [0.25, 0.3) is 0 Å². The van der Waals surface area contributed by atoms with Gasteiger partial charge in [-0.15, -0.1) is 0 Å². The molecule has 94 valence electrons. The standard InChI is InChI=1S/C12H14ClFO3/c1-16-10(15)5-3-4-8-6-7-9(13)11(14)12(8)17-2/h6-7H,3-5H2,1-2H3. The van der Waals surface area contributed by atoms with Gasteiger partial charge in [0.2, 0.25) is 0 Å². The first-order valence-electron chi connectivity index (χ1n) is 5.17. The van der Waals surface area contributed by atoms with Gasteiger partial charge in [0, 0.05) is 6.42 Å². The Bertz CT molecular complexity index is 407. The molecule has 0 aliphatic rings. The lowest BCUT2D eigenvalue weighted by atomic mass is 10.1. The van der Waals surface area contributed by atoms with Gasteiger partial charge in [-0.3, -0.25) is 4.79 Å². The molecule has 0 aromatic heterocycles. The second-order valence-electron chi connectivity index (χ2n) is 3.48. The van der Waals surface area contributed by atoms with Crippen molar-refractivity contribution in [3.8, 4) is 5.75 Å². The molecule has 0 saturated carbocycles. The molecule has 0 spiro atoms. The van der Waals surface area contributed by atoms with Crippen LogP contribution < -0.4 is 4.74 Å². The molecule has 0 atom stereocenters. The van der Waals surface area contributed by atoms with Crippen LogP contribution in [0.15, 0.2) is 12.1 Å². The predicted octanol–water partition coefficient (Wildman–Crippen LogP) is 2.98. The third-order valence-electron chi connectivity index (χ3n) is 2.39. The zero-order valence-electron chi connectivity index (χ0n) is 9.76. The number of rotatable bonds is 5. The monoisotopic (exact) mass is 260 g/mol. The van der Waals surface area contributed by atoms with Crippen molar-refractivity contribution >= 4 is 17.6 Å². The van der Waals surface area contributed by atoms with Gasteiger partial charge in [-0.2, -0.15) is 0 Å². The highest BCUT2D eigenvalue weighted by Gasteiger charge is 2.13. The summed E-state index contributed by atoms with van der Waals surface area (Å²) in [6, 6.07) is 3.18. The predicted molar refractivity (Wildman–Crippen MR) is 62.9 cm³/mol. The van der Waals surface area contributed by atoms with Crippen molar-refractivity contribution in [2.75, 3.05) is 14.2 Å². The van der Waals surface area contributed by atoms with Crippen molar-refractivity contribution < 1.29 is 18.7 Å². The van der Waals surface area contributed by atoms with Crippen LogP contribution >= 0.6 is 11.6 Å². The first-order valence-corrected chi connectivity index (χ1v) is 5.55. The Morgan fingerprint density at radius 1 is 1.41 bits per heavy atom. The lowest BCUT2D eigenvalue weighted by molar-refractivity contribution is -0.140. The number of hydrogen-bond acceptors (Lipinski definition) is 3. The summed E-state index contributed by atoms with van der Waals surface area (Å²) in [7, 11) is 2.73. The molecule has 17 heavy (non-hydrogen) atoms. The van der Waals surface area contributed by atoms with E-state index in [0.29, 0.717) is 24.8 Å². The maximum atomic E-state index is 13.6. The smallest absolute Gasteiger partial charge is 0.305 e. The molecule has 0 N–H and O–H groups in total. The van der Waals surface area contributed by atoms with Gasteiger partial charge in [-0.1, -0.05) is 17.7 Å². The average molecular weight is 261 g/mol. The summed E-state index contributed by atoms with van der Waals surface area (Å²) >= 11 is 5.64. The quantitative estimate of drug-likeness (QED) is 0.764. The van der Waals surface area contributed by atoms with Crippen molar-refractivity contribution in [2.24, 2.45) is 0 Å². The second kappa shape index (κ2) is 6.45. The molecule has 0 aliphatic heterocycles. The van der Waals surface area contributed by atoms with Gasteiger partial charge in [0.1, 0.15) is 0 Å². The minimum Gasteiger partial charge on any atom is -0.493 e. The molecule has 0 unspecified atom stereocenters. The van der Waals surface area contributed by atoms with Gasteiger partial charge >= 0.3 is 5.97 Å². The second-order valence-corrected chi connectivity index (χ2v) is 3.89. The molecule has 0 aliphatic carbocycles. The fourth-order valence-electron chi connectivity index (χ4n) is 1.51. The lowest BCUT2D eigenvalue weighted by Gasteiger charge is -2.10. The Morgan fingerprint density at radius 3 is 2.71 bits per heavy atom. The molecule has 1 aromatic rings. The van der Waals surface area contributed by atoms with E-state index in [4.69, 9.17) is 16.3 Å². The largest absolute Gasteiger partial charge is 0.493 e. The summed E-state index contributed by atoms with van der Waals surface area (Å²) in [5, 5.41) is 0.0265. The third kappa shape index (κ3) is 3.60. The van der Waals surface area contributed by atoms with E-state index in [-0.39, 0.29) is 16.7 Å². The molecule has 0 radical (unpaired) electrons. The lowest BCUT2D eigenvalue weighted by Crippen LogP contribution is -2.02. The molecular formula is C12H14ClFO3. The van der Waals surface area contributed by atoms with Gasteiger partial charge < -0.3 is 9.47 Å². The Balaban J connectivity index is 2.71. The molecule has 5 heteroatoms. The normalized spacial score (nSPS) is 10.1. The van der Waals surface area contributed by atoms with Gasteiger partial charge in [0.05, 0.1) is 19.2 Å². The van der Waals surface area contributed by atoms with Crippen LogP contribution in [0.5, 0.6) is 5.75 Å². The number of aryl methyl sites for hydroxylation is 1. The van der Waals surface area contributed by atoms with Crippen LogP contribution in [0.25, 0.3) is 0 Å². The van der Waals surface area contributed by atoms with E-state index < -0.39 is 5.82 Å². The van der Waals surface area contributed by atoms with Gasteiger partial charge in [-0.05, 0) is 24.5 Å². The number of methoxy groups -OCH3 is 2. The topological polar surface area (TPSA) is 35.5 Å². The van der Waals surface area contributed by atoms with Crippen molar-refractivity contribution in [1.29, 1.82) is 0 Å². The molecular weight excluding hydrogens is 247 g/mol. The van der Waals surface area contributed by atoms with Gasteiger partial charge in [0.15, 0.2) is 11.6 Å². The highest BCUT2D eigenvalue weighted by atomic mass is 35.5. The van der Waals surface area contributed by atoms with Crippen LogP contribution in [0.3, 0.4) is 0 Å². The highest BCUT2D eigenvalue weighted by Crippen LogP contribution is 2.29. The van der Waals surface area contributed by atoms with Crippen LogP contribution in [0.4, 0.5) is 4.39 Å². The highest BCUT2D eigenvalue weighted by molar-refractivity contribution is 6.30. The number of halogens is 2. The van der Waals surface area contributed by atoms with Crippen molar-refractivity contribution in [2.45, 2.75) is 19.3 Å². The Hall–Kier alpha value is -1.29. The number of carbonyl (C=O) groups is 1. The summed E-state index contributed by atoms with van der Waals surface area (Å²) in [6.07, 6.45) is 1.40. The van der Waals surface area contributed by atoms with Crippen LogP contribution in [-0.4, -0.2) is 20.2 Å². The minimum absolute atomic E-state index is 0.0265. The Labute approximate surface area is 104 Å². The molecule has 3 nitrogen and oxygen atoms in total. The van der Waals surface area contributed by atoms with E-state index in [1.165, 1.54) is 20.3 Å². The van der Waals surface area contributed by atoms with Crippen molar-refractivity contribution in [3.05, 3.63) is 28.5 Å². The molecule has 0 amide bonds. The molecule has 0 bridgehead atoms. The average Bonchev–Trinajstić information content (AvgIpc) is 2.33. The van der Waals surface area contributed by atoms with E-state index in [9.17, 15) is 9.18 Å². The number of hydrogen-bond donors (Lipinski definition) is 0. The van der Waals surface area contributed by atoms with Crippen molar-refractivity contribution in [1.82, 2.24) is 0 Å². The van der Waals surface area contributed by atoms with E-state index in [1.807, 2.05) is 0 Å². The number of esters is 1. The Morgan fingerprint density at radius 2 is 2.12 bits per heavy atom. The summed E-state index contributed by atoms with van der Waals surface area (Å²) in [6.45, 7) is 0. The van der Waals surface area contributed by atoms with Gasteiger partial charge in [-0.25, -0.2) is 4.39 Å². The number of ether oxygens (including phenoxy) is 2. The van der Waals surface area contributed by atoms with E-state index in [1.54, 1.807) is 6.07 Å². The molecule has 1 rings (SSSR count). The number of carbonyl (C=O) groups excluding carboxylic acids is 1. The molecule has 0 fully saturated rings. The molecule has 1 aromatic carbocycles. The first kappa shape index (κ1) is 13.8. The zero-order chi connectivity index (χ0) is 12.8. The van der Waals surface area contributed by atoms with Crippen LogP contribution in [0, 0.1) is 5.82 Å². The molecule has 0 heterocycles. The maximum absolute atomic E-state index is 13.6. The zero-order valence-corrected chi connectivity index (χ0v) is 10.5. The fourth-order valence-corrected chi connectivity index (χ4v) is 1.66. The van der Waals surface area contributed by atoms with Crippen LogP contribution in [-0.2, 0) is 16.0 Å². The van der Waals surface area contributed by atoms with E-state index in [2.05, 4.69) is 4.74 Å². The van der Waals surface area contributed by atoms with Crippen LogP contribution in [0.1, 0.15) is 18.4 Å². The van der Waals surface area contributed by atoms with Crippen molar-refractivity contribution in [3.63, 3.8) is 0 Å². The first-order chi connectivity index (χ1) is 8.10.